The number of amides is 2. The number of aromatic nitrogens is 5. The highest BCUT2D eigenvalue weighted by Gasteiger charge is 2.14. The Morgan fingerprint density at radius 2 is 1.74 bits per heavy atom. The van der Waals surface area contributed by atoms with Crippen LogP contribution in [-0.4, -0.2) is 30.0 Å². The normalized spacial score (nSPS) is 11.0. The van der Waals surface area contributed by atoms with Gasteiger partial charge in [0.1, 0.15) is 6.33 Å². The molecule has 0 radical (unpaired) electrons. The average Bonchev–Trinajstić information content (AvgIpc) is 3.60. The van der Waals surface area contributed by atoms with Crippen molar-refractivity contribution in [3.63, 3.8) is 0 Å². The molecule has 0 saturated heterocycles. The summed E-state index contributed by atoms with van der Waals surface area (Å²) in [5.74, 6) is 0.619. The van der Waals surface area contributed by atoms with E-state index in [1.165, 1.54) is 0 Å². The number of para-hydroxylation sites is 1. The highest BCUT2D eigenvalue weighted by molar-refractivity contribution is 6.33. The van der Waals surface area contributed by atoms with Gasteiger partial charge in [0.05, 0.1) is 16.4 Å². The first-order valence-corrected chi connectivity index (χ1v) is 12.3. The van der Waals surface area contributed by atoms with Crippen LogP contribution in [0.25, 0.3) is 34.0 Å². The Morgan fingerprint density at radius 3 is 2.61 bits per heavy atom. The van der Waals surface area contributed by atoms with Gasteiger partial charge in [-0.15, -0.1) is 0 Å². The van der Waals surface area contributed by atoms with Crippen molar-refractivity contribution in [2.24, 2.45) is 0 Å². The first-order valence-electron chi connectivity index (χ1n) is 11.9. The second-order valence-electron chi connectivity index (χ2n) is 8.73. The molecule has 0 bridgehead atoms. The summed E-state index contributed by atoms with van der Waals surface area (Å²) >= 11 is 6.38. The second-order valence-corrected chi connectivity index (χ2v) is 9.14. The fourth-order valence-corrected chi connectivity index (χ4v) is 4.46. The lowest BCUT2D eigenvalue weighted by Gasteiger charge is -2.12. The number of hydrogen-bond acceptors (Lipinski definition) is 4. The first kappa shape index (κ1) is 23.4. The van der Waals surface area contributed by atoms with Crippen molar-refractivity contribution >= 4 is 34.7 Å². The van der Waals surface area contributed by atoms with E-state index >= 15 is 0 Å². The van der Waals surface area contributed by atoms with Crippen molar-refractivity contribution in [1.29, 1.82) is 0 Å². The SMILES string of the molecule is Cc1ccccc1NC(=O)Nc1cccc(-c2cn3ccnc3c(-n3cnc(-c4ccccc4Cl)c3)n2)c1. The monoisotopic (exact) mass is 519 g/mol. The molecule has 8 nitrogen and oxygen atoms in total. The molecule has 186 valence electrons. The zero-order chi connectivity index (χ0) is 26.1. The van der Waals surface area contributed by atoms with Gasteiger partial charge in [-0.25, -0.2) is 19.7 Å². The van der Waals surface area contributed by atoms with Crippen molar-refractivity contribution in [3.05, 3.63) is 114 Å². The molecule has 0 atom stereocenters. The van der Waals surface area contributed by atoms with Crippen LogP contribution >= 0.6 is 11.6 Å². The number of urea groups is 1. The van der Waals surface area contributed by atoms with E-state index in [-0.39, 0.29) is 6.03 Å². The van der Waals surface area contributed by atoms with Crippen molar-refractivity contribution in [1.82, 2.24) is 23.9 Å². The van der Waals surface area contributed by atoms with Crippen LogP contribution in [0.4, 0.5) is 16.2 Å². The Labute approximate surface area is 223 Å². The Hall–Kier alpha value is -4.95. The number of fused-ring (bicyclic) bond motifs is 1. The number of nitrogens with one attached hydrogen (secondary N) is 2. The molecule has 9 heteroatoms. The van der Waals surface area contributed by atoms with Gasteiger partial charge in [0.25, 0.3) is 0 Å². The molecular weight excluding hydrogens is 498 g/mol. The summed E-state index contributed by atoms with van der Waals surface area (Å²) in [5.41, 5.74) is 6.19. The van der Waals surface area contributed by atoms with E-state index < -0.39 is 0 Å². The van der Waals surface area contributed by atoms with Crippen molar-refractivity contribution < 1.29 is 4.79 Å². The van der Waals surface area contributed by atoms with E-state index in [2.05, 4.69) is 20.6 Å². The zero-order valence-corrected chi connectivity index (χ0v) is 21.1. The summed E-state index contributed by atoms with van der Waals surface area (Å²) in [7, 11) is 0. The molecule has 0 aliphatic heterocycles. The van der Waals surface area contributed by atoms with Gasteiger partial charge in [0, 0.05) is 47.3 Å². The van der Waals surface area contributed by atoms with Crippen molar-refractivity contribution in [2.45, 2.75) is 6.92 Å². The predicted octanol–water partition coefficient (Wildman–Crippen LogP) is 6.85. The number of anilines is 2. The highest BCUT2D eigenvalue weighted by atomic mass is 35.5. The van der Waals surface area contributed by atoms with E-state index in [1.807, 2.05) is 107 Å². The zero-order valence-electron chi connectivity index (χ0n) is 20.3. The molecule has 0 aliphatic carbocycles. The van der Waals surface area contributed by atoms with Crippen LogP contribution in [0.1, 0.15) is 5.56 Å². The molecule has 0 unspecified atom stereocenters. The minimum absolute atomic E-state index is 0.319. The Morgan fingerprint density at radius 1 is 0.895 bits per heavy atom. The molecule has 3 aromatic heterocycles. The van der Waals surface area contributed by atoms with Gasteiger partial charge < -0.3 is 15.0 Å². The van der Waals surface area contributed by atoms with Gasteiger partial charge >= 0.3 is 6.03 Å². The molecule has 2 amide bonds. The standard InChI is InChI=1S/C29H22ClN7O/c1-19-7-2-5-12-24(19)35-29(38)33-21-9-6-8-20(15-21)25-16-36-14-13-31-27(36)28(34-25)37-17-26(32-18-37)22-10-3-4-11-23(22)30/h2-18H,1H3,(H2,33,35,38). The van der Waals surface area contributed by atoms with E-state index in [0.717, 1.165) is 28.1 Å². The number of carbonyl (C=O) groups excluding carboxylic acids is 1. The molecule has 0 saturated carbocycles. The van der Waals surface area contributed by atoms with Crippen molar-refractivity contribution in [3.8, 4) is 28.3 Å². The smallest absolute Gasteiger partial charge is 0.308 e. The summed E-state index contributed by atoms with van der Waals surface area (Å²) < 4.78 is 3.75. The van der Waals surface area contributed by atoms with Gasteiger partial charge in [-0.2, -0.15) is 0 Å². The van der Waals surface area contributed by atoms with Gasteiger partial charge in [0.15, 0.2) is 11.5 Å². The number of nitrogens with zero attached hydrogens (tertiary/aromatic N) is 5. The minimum atomic E-state index is -0.319. The third-order valence-corrected chi connectivity index (χ3v) is 6.47. The molecule has 0 fully saturated rings. The van der Waals surface area contributed by atoms with E-state index in [4.69, 9.17) is 16.6 Å². The Balaban J connectivity index is 1.32. The number of rotatable bonds is 5. The quantitative estimate of drug-likeness (QED) is 0.260. The average molecular weight is 520 g/mol. The number of benzene rings is 3. The molecule has 3 aromatic carbocycles. The second kappa shape index (κ2) is 9.84. The molecule has 0 aliphatic rings. The maximum atomic E-state index is 12.6. The lowest BCUT2D eigenvalue weighted by atomic mass is 10.1. The van der Waals surface area contributed by atoms with Crippen LogP contribution in [0.3, 0.4) is 0 Å². The van der Waals surface area contributed by atoms with Crippen LogP contribution in [-0.2, 0) is 0 Å². The molecule has 3 heterocycles. The minimum Gasteiger partial charge on any atom is -0.308 e. The highest BCUT2D eigenvalue weighted by Crippen LogP contribution is 2.28. The van der Waals surface area contributed by atoms with Gasteiger partial charge in [-0.05, 0) is 36.8 Å². The largest absolute Gasteiger partial charge is 0.323 e. The number of hydrogen-bond donors (Lipinski definition) is 2. The fraction of sp³-hybridized carbons (Fsp3) is 0.0345. The predicted molar refractivity (Wildman–Crippen MR) is 150 cm³/mol. The van der Waals surface area contributed by atoms with E-state index in [0.29, 0.717) is 27.9 Å². The molecular formula is C29H22ClN7O. The topological polar surface area (TPSA) is 89.1 Å². The molecule has 2 N–H and O–H groups in total. The van der Waals surface area contributed by atoms with E-state index in [1.54, 1.807) is 12.5 Å². The summed E-state index contributed by atoms with van der Waals surface area (Å²) in [6.07, 6.45) is 9.09. The van der Waals surface area contributed by atoms with Gasteiger partial charge in [-0.1, -0.05) is 60.1 Å². The van der Waals surface area contributed by atoms with Gasteiger partial charge in [-0.3, -0.25) is 4.57 Å². The van der Waals surface area contributed by atoms with Gasteiger partial charge in [0.2, 0.25) is 0 Å². The molecule has 38 heavy (non-hydrogen) atoms. The Bertz CT molecular complexity index is 1790. The summed E-state index contributed by atoms with van der Waals surface area (Å²) in [5, 5.41) is 6.43. The summed E-state index contributed by atoms with van der Waals surface area (Å²) in [6.45, 7) is 1.95. The maximum absolute atomic E-state index is 12.6. The lowest BCUT2D eigenvalue weighted by Crippen LogP contribution is -2.19. The van der Waals surface area contributed by atoms with Crippen LogP contribution in [0.15, 0.2) is 104 Å². The molecule has 0 spiro atoms. The number of aryl methyl sites for hydroxylation is 1. The summed E-state index contributed by atoms with van der Waals surface area (Å²) in [6, 6.07) is 22.4. The van der Waals surface area contributed by atoms with Crippen LogP contribution < -0.4 is 10.6 Å². The lowest BCUT2D eigenvalue weighted by molar-refractivity contribution is 0.262. The first-order chi connectivity index (χ1) is 18.5. The third-order valence-electron chi connectivity index (χ3n) is 6.14. The summed E-state index contributed by atoms with van der Waals surface area (Å²) in [4.78, 5) is 26.6. The van der Waals surface area contributed by atoms with Crippen LogP contribution in [0.2, 0.25) is 5.02 Å². The fourth-order valence-electron chi connectivity index (χ4n) is 4.23. The number of carbonyl (C=O) groups is 1. The van der Waals surface area contributed by atoms with E-state index in [9.17, 15) is 4.79 Å². The third kappa shape index (κ3) is 4.60. The Kier molecular flexibility index (Phi) is 6.07. The number of imidazole rings is 2. The van der Waals surface area contributed by atoms with Crippen LogP contribution in [0, 0.1) is 6.92 Å². The number of halogens is 1. The maximum Gasteiger partial charge on any atom is 0.323 e. The molecule has 6 aromatic rings. The van der Waals surface area contributed by atoms with Crippen LogP contribution in [0.5, 0.6) is 0 Å². The molecule has 6 rings (SSSR count). The van der Waals surface area contributed by atoms with Crippen molar-refractivity contribution in [2.75, 3.05) is 10.6 Å².